The Hall–Kier alpha value is -9.16. The molecule has 6 N–H and O–H groups in total. The number of fused-ring (bicyclic) bond motifs is 14. The summed E-state index contributed by atoms with van der Waals surface area (Å²) in [6, 6.07) is 9.94. The number of carbonyl (C=O) groups excluding carboxylic acids is 9. The largest absolute Gasteiger partial charge is 0.469 e. The van der Waals surface area contributed by atoms with Crippen LogP contribution in [0.3, 0.4) is 0 Å². The smallest absolute Gasteiger partial charge is 0.416 e. The van der Waals surface area contributed by atoms with Gasteiger partial charge in [-0.1, -0.05) is 53.8 Å². The molecule has 34 heteroatoms. The van der Waals surface area contributed by atoms with E-state index in [1.807, 2.05) is 0 Å². The number of aryl methyl sites for hydroxylation is 1. The Balaban J connectivity index is 1.02. The molecule has 97 heavy (non-hydrogen) atoms. The van der Waals surface area contributed by atoms with Crippen molar-refractivity contribution in [3.8, 4) is 43.4 Å². The van der Waals surface area contributed by atoms with Gasteiger partial charge in [-0.25, -0.2) is 39.7 Å². The topological polar surface area (TPSA) is 374 Å². The van der Waals surface area contributed by atoms with Crippen LogP contribution in [0.1, 0.15) is 126 Å². The zero-order valence-electron chi connectivity index (χ0n) is 52.9. The lowest BCUT2D eigenvalue weighted by Gasteiger charge is -2.28. The number of nitrogens with zero attached hydrogens (tertiary/aromatic N) is 8. The summed E-state index contributed by atoms with van der Waals surface area (Å²) < 4.78 is 26.2. The minimum atomic E-state index is -1.32. The van der Waals surface area contributed by atoms with Gasteiger partial charge in [0.15, 0.2) is 5.13 Å². The molecule has 1 aliphatic heterocycles. The molecule has 0 spiro atoms. The number of ether oxygens (including phenoxy) is 5. The van der Waals surface area contributed by atoms with Crippen molar-refractivity contribution < 1.29 is 71.9 Å². The first-order chi connectivity index (χ1) is 46.8. The molecule has 10 rings (SSSR count). The van der Waals surface area contributed by atoms with Crippen LogP contribution in [-0.2, 0) is 54.3 Å². The molecule has 4 atom stereocenters. The molecule has 10 bridgehead atoms. The van der Waals surface area contributed by atoms with Gasteiger partial charge in [0, 0.05) is 59.1 Å². The number of pyridine rings is 1. The monoisotopic (exact) mass is 1440 g/mol. The predicted molar refractivity (Wildman–Crippen MR) is 362 cm³/mol. The fourth-order valence-corrected chi connectivity index (χ4v) is 15.6. The Labute approximate surface area is 578 Å². The van der Waals surface area contributed by atoms with E-state index in [2.05, 4.69) is 36.6 Å². The quantitative estimate of drug-likeness (QED) is 0.0265. The third-order valence-corrected chi connectivity index (χ3v) is 21.1. The van der Waals surface area contributed by atoms with Gasteiger partial charge >= 0.3 is 24.0 Å². The van der Waals surface area contributed by atoms with Crippen LogP contribution in [0.25, 0.3) is 43.4 Å². The van der Waals surface area contributed by atoms with Crippen LogP contribution >= 0.6 is 68.0 Å². The number of hydrogen-bond donors (Lipinski definition) is 6. The zero-order valence-corrected chi connectivity index (χ0v) is 57.8. The van der Waals surface area contributed by atoms with Crippen LogP contribution < -0.4 is 31.5 Å². The molecule has 7 aromatic heterocycles. The third kappa shape index (κ3) is 17.3. The number of amides is 6. The van der Waals surface area contributed by atoms with Crippen LogP contribution in [0.15, 0.2) is 76.1 Å². The van der Waals surface area contributed by atoms with Crippen LogP contribution in [0, 0.1) is 18.8 Å². The van der Waals surface area contributed by atoms with Gasteiger partial charge in [-0.2, -0.15) is 0 Å². The predicted octanol–water partition coefficient (Wildman–Crippen LogP) is 8.80. The highest BCUT2D eigenvalue weighted by Gasteiger charge is 2.34. The number of methoxy groups -OCH3 is 4. The molecule has 8 heterocycles. The molecule has 2 aliphatic rings. The summed E-state index contributed by atoms with van der Waals surface area (Å²) in [5.41, 5.74) is 2.11. The number of esters is 3. The van der Waals surface area contributed by atoms with E-state index in [0.29, 0.717) is 89.4 Å². The summed E-state index contributed by atoms with van der Waals surface area (Å²) in [5, 5.41) is 33.9. The molecule has 1 aromatic carbocycles. The van der Waals surface area contributed by atoms with Crippen molar-refractivity contribution in [2.24, 2.45) is 11.8 Å². The molecule has 0 radical (unpaired) electrons. The summed E-state index contributed by atoms with van der Waals surface area (Å²) in [6.45, 7) is 0.958. The molecule has 6 amide bonds. The number of aliphatic hydroxyl groups excluding tert-OH is 1. The van der Waals surface area contributed by atoms with E-state index in [9.17, 15) is 48.3 Å². The van der Waals surface area contributed by atoms with Crippen molar-refractivity contribution in [3.05, 3.63) is 119 Å². The Morgan fingerprint density at radius 3 is 2.19 bits per heavy atom. The number of aliphatic hydroxyl groups is 1. The Morgan fingerprint density at radius 1 is 0.711 bits per heavy atom. The minimum absolute atomic E-state index is 0.0134. The number of carbonyl (C=O) groups is 9. The Morgan fingerprint density at radius 2 is 1.44 bits per heavy atom. The maximum Gasteiger partial charge on any atom is 0.416 e. The lowest BCUT2D eigenvalue weighted by Crippen LogP contribution is -2.40. The van der Waals surface area contributed by atoms with Gasteiger partial charge < -0.3 is 50.1 Å². The van der Waals surface area contributed by atoms with Crippen molar-refractivity contribution in [1.29, 1.82) is 0 Å². The molecule has 28 nitrogen and oxygen atoms in total. The lowest BCUT2D eigenvalue weighted by molar-refractivity contribution is -0.148. The fraction of sp³-hybridized carbons (Fsp3) is 0.365. The molecular formula is C63H65N13O15S6. The molecule has 0 saturated heterocycles. The summed E-state index contributed by atoms with van der Waals surface area (Å²) >= 11 is 6.75. The minimum Gasteiger partial charge on any atom is -0.469 e. The lowest BCUT2D eigenvalue weighted by atomic mass is 9.87. The number of benzene rings is 1. The highest BCUT2D eigenvalue weighted by atomic mass is 32.1. The summed E-state index contributed by atoms with van der Waals surface area (Å²) in [4.78, 5) is 157. The van der Waals surface area contributed by atoms with E-state index in [4.69, 9.17) is 48.6 Å². The number of thiazole rings is 6. The third-order valence-electron chi connectivity index (χ3n) is 15.5. The van der Waals surface area contributed by atoms with Crippen molar-refractivity contribution in [2.45, 2.75) is 89.2 Å². The van der Waals surface area contributed by atoms with Crippen LogP contribution in [0.4, 0.5) is 15.7 Å². The summed E-state index contributed by atoms with van der Waals surface area (Å²) in [7, 11) is 6.72. The average Bonchev–Trinajstić information content (AvgIpc) is 1.68. The maximum atomic E-state index is 14.4. The Kier molecular flexibility index (Phi) is 23.8. The molecule has 8 aromatic rings. The van der Waals surface area contributed by atoms with E-state index >= 15 is 0 Å². The number of anilines is 2. The fourth-order valence-electron chi connectivity index (χ4n) is 10.4. The number of rotatable bonds is 18. The van der Waals surface area contributed by atoms with Crippen LogP contribution in [0.2, 0.25) is 0 Å². The van der Waals surface area contributed by atoms with Gasteiger partial charge in [0.2, 0.25) is 11.8 Å². The van der Waals surface area contributed by atoms with Crippen LogP contribution in [0.5, 0.6) is 0 Å². The van der Waals surface area contributed by atoms with Crippen molar-refractivity contribution in [3.63, 3.8) is 0 Å². The van der Waals surface area contributed by atoms with Gasteiger partial charge in [0.05, 0.1) is 69.4 Å². The Bertz CT molecular complexity index is 4230. The van der Waals surface area contributed by atoms with E-state index in [1.54, 1.807) is 83.1 Å². The average molecular weight is 1440 g/mol. The number of nitrogens with one attached hydrogen (secondary N) is 5. The standard InChI is InChI=1S/C63H65N13O15S6/c1-31-47-54(83)75-62-74-49(42(97-62)26-87-3)53(82)65-25-45(78)72-50(51(80)32-12-8-7-9-13-32)59-70-41(29-94-59)57-68-39(27-93-57)48-36(55-69-40(28-92-55)52(81)67-38(24-44(77)64-2)58(73-47)96-31)20-21-37(66-48)56-71-43(30-95-56)76(63(86)91-35-18-15-34(16-19-35)61(85)90-6)23-11-10-14-33(60(84)89-5)17-22-46(79)88-4/h7-13,20-21,27-30,33-35,38,50-51,80H,14-19,22-26H2,1-6H3,(H,64,77)(H,65,82)(H,67,81)(H,72,78)(H,74,75,83)/b11-10+/t33?,34-,35-,38-,50-,51-/m0/s1. The van der Waals surface area contributed by atoms with Crippen molar-refractivity contribution >= 4 is 133 Å². The van der Waals surface area contributed by atoms with E-state index in [0.717, 1.165) is 45.3 Å². The summed E-state index contributed by atoms with van der Waals surface area (Å²) in [6.07, 6.45) is 2.65. The normalized spacial score (nSPS) is 17.4. The second-order valence-corrected chi connectivity index (χ2v) is 27.7. The number of allylic oxidation sites excluding steroid dienone is 1. The van der Waals surface area contributed by atoms with Crippen molar-refractivity contribution in [2.75, 3.05) is 58.8 Å². The SMILES string of the molecule is CNC(=O)C[C@@H]1NC(=O)c2csc(n2)-c2ccc(-c3nc(N(C/C=C/CC(CCC(=O)OC)C(=O)OC)C(=O)O[C@H]4CC[C@H](C(=O)OC)CC4)cs3)nc2-c2csc(n2)-c2csc(n2)[C@H]([C@@H](O)c2ccccc2)NC(=O)CNC(=O)c2nc(sc2COC)NC(=O)c2nc1sc2C. The second-order valence-electron chi connectivity index (χ2n) is 21.9. The van der Waals surface area contributed by atoms with E-state index in [-0.39, 0.29) is 83.8 Å². The molecule has 1 unspecified atom stereocenters. The van der Waals surface area contributed by atoms with Gasteiger partial charge in [-0.15, -0.1) is 56.7 Å². The highest BCUT2D eigenvalue weighted by molar-refractivity contribution is 7.16. The first-order valence-corrected chi connectivity index (χ1v) is 35.3. The molecule has 1 fully saturated rings. The van der Waals surface area contributed by atoms with Gasteiger partial charge in [0.25, 0.3) is 17.7 Å². The van der Waals surface area contributed by atoms with Crippen LogP contribution in [-0.4, -0.2) is 148 Å². The van der Waals surface area contributed by atoms with E-state index in [1.165, 1.54) is 63.1 Å². The zero-order chi connectivity index (χ0) is 68.9. The van der Waals surface area contributed by atoms with Gasteiger partial charge in [0.1, 0.15) is 83.3 Å². The second kappa shape index (κ2) is 32.7. The van der Waals surface area contributed by atoms with E-state index < -0.39 is 84.3 Å². The van der Waals surface area contributed by atoms with Crippen molar-refractivity contribution in [1.82, 2.24) is 56.2 Å². The maximum absolute atomic E-state index is 14.4. The summed E-state index contributed by atoms with van der Waals surface area (Å²) in [5.74, 6) is -5.36. The highest BCUT2D eigenvalue weighted by Crippen LogP contribution is 2.41. The first kappa shape index (κ1) is 70.6. The molecule has 1 saturated carbocycles. The van der Waals surface area contributed by atoms with Gasteiger partial charge in [-0.3, -0.25) is 48.6 Å². The molecular weight excluding hydrogens is 1370 g/mol. The first-order valence-electron chi connectivity index (χ1n) is 30.1. The van der Waals surface area contributed by atoms with Gasteiger partial charge in [-0.05, 0) is 63.1 Å². The number of hydrogen-bond acceptors (Lipinski definition) is 28. The molecule has 1 aliphatic carbocycles. The number of aromatic nitrogens is 7. The molecule has 508 valence electrons.